The Morgan fingerprint density at radius 3 is 2.55 bits per heavy atom. The van der Waals surface area contributed by atoms with Crippen molar-refractivity contribution < 1.29 is 19.2 Å². The van der Waals surface area contributed by atoms with Crippen molar-refractivity contribution in [3.63, 3.8) is 0 Å². The summed E-state index contributed by atoms with van der Waals surface area (Å²) in [7, 11) is 3.45. The molecule has 2 heterocycles. The lowest BCUT2D eigenvalue weighted by Gasteiger charge is -2.22. The molecule has 29 heavy (non-hydrogen) atoms. The van der Waals surface area contributed by atoms with E-state index in [4.69, 9.17) is 9.47 Å². The zero-order valence-corrected chi connectivity index (χ0v) is 16.4. The molecule has 0 bridgehead atoms. The lowest BCUT2D eigenvalue weighted by Crippen LogP contribution is -2.40. The van der Waals surface area contributed by atoms with Crippen LogP contribution in [0.1, 0.15) is 5.56 Å². The van der Waals surface area contributed by atoms with Gasteiger partial charge in [0, 0.05) is 14.1 Å². The number of para-hydroxylation sites is 1. The van der Waals surface area contributed by atoms with Crippen LogP contribution in [0.4, 0.5) is 11.4 Å². The number of fused-ring (bicyclic) bond motifs is 1. The summed E-state index contributed by atoms with van der Waals surface area (Å²) >= 11 is 1.15. The van der Waals surface area contributed by atoms with E-state index in [0.29, 0.717) is 27.3 Å². The molecule has 4 rings (SSSR count). The van der Waals surface area contributed by atoms with Crippen LogP contribution < -0.4 is 9.47 Å². The lowest BCUT2D eigenvalue weighted by molar-refractivity contribution is -0.385. The molecule has 1 amide bonds. The molecule has 2 aromatic carbocycles. The highest BCUT2D eigenvalue weighted by Crippen LogP contribution is 2.41. The van der Waals surface area contributed by atoms with Gasteiger partial charge in [-0.3, -0.25) is 14.9 Å². The molecular weight excluding hydrogens is 396 g/mol. The van der Waals surface area contributed by atoms with E-state index < -0.39 is 4.92 Å². The Balaban J connectivity index is 1.76. The van der Waals surface area contributed by atoms with Crippen molar-refractivity contribution in [2.24, 2.45) is 4.99 Å². The quantitative estimate of drug-likeness (QED) is 0.431. The second-order valence-corrected chi connectivity index (χ2v) is 7.34. The molecular formula is C19H16N4O5S. The Labute approximate surface area is 170 Å². The number of carbonyl (C=O) groups is 1. The van der Waals surface area contributed by atoms with Gasteiger partial charge in [-0.15, -0.1) is 0 Å². The van der Waals surface area contributed by atoms with Crippen molar-refractivity contribution in [2.45, 2.75) is 0 Å². The minimum Gasteiger partial charge on any atom is -0.454 e. The number of nitro groups is 1. The Morgan fingerprint density at radius 2 is 1.90 bits per heavy atom. The average molecular weight is 412 g/mol. The molecule has 0 saturated carbocycles. The number of thioether (sulfide) groups is 1. The second kappa shape index (κ2) is 7.57. The predicted octanol–water partition coefficient (Wildman–Crippen LogP) is 3.40. The zero-order valence-electron chi connectivity index (χ0n) is 15.6. The Hall–Kier alpha value is -3.37. The van der Waals surface area contributed by atoms with E-state index >= 15 is 0 Å². The van der Waals surface area contributed by atoms with Crippen LogP contribution in [0.15, 0.2) is 52.4 Å². The van der Waals surface area contributed by atoms with E-state index in [0.717, 1.165) is 11.8 Å². The number of hydrogen-bond acceptors (Lipinski definition) is 8. The number of carbonyl (C=O) groups excluding carboxylic acids is 1. The monoisotopic (exact) mass is 412 g/mol. The highest BCUT2D eigenvalue weighted by atomic mass is 32.2. The van der Waals surface area contributed by atoms with Gasteiger partial charge in [-0.1, -0.05) is 18.2 Å². The summed E-state index contributed by atoms with van der Waals surface area (Å²) in [6.07, 6.45) is 1.48. The van der Waals surface area contributed by atoms with Gasteiger partial charge in [-0.05, 0) is 36.0 Å². The van der Waals surface area contributed by atoms with Gasteiger partial charge in [-0.2, -0.15) is 0 Å². The molecule has 1 saturated heterocycles. The summed E-state index contributed by atoms with van der Waals surface area (Å²) in [5.41, 5.74) is 0.791. The zero-order chi connectivity index (χ0) is 20.5. The summed E-state index contributed by atoms with van der Waals surface area (Å²) < 4.78 is 10.5. The smallest absolute Gasteiger partial charge is 0.281 e. The highest BCUT2D eigenvalue weighted by Gasteiger charge is 2.36. The van der Waals surface area contributed by atoms with Crippen molar-refractivity contribution >= 4 is 40.3 Å². The van der Waals surface area contributed by atoms with Gasteiger partial charge >= 0.3 is 0 Å². The van der Waals surface area contributed by atoms with E-state index in [1.54, 1.807) is 19.1 Å². The van der Waals surface area contributed by atoms with Crippen LogP contribution in [0.5, 0.6) is 11.5 Å². The van der Waals surface area contributed by atoms with Crippen molar-refractivity contribution in [3.8, 4) is 11.5 Å². The molecule has 0 atom stereocenters. The van der Waals surface area contributed by atoms with Gasteiger partial charge in [0.1, 0.15) is 0 Å². The lowest BCUT2D eigenvalue weighted by atomic mass is 10.1. The molecule has 10 heteroatoms. The topological polar surface area (TPSA) is 97.5 Å². The van der Waals surface area contributed by atoms with Gasteiger partial charge in [0.05, 0.1) is 27.1 Å². The summed E-state index contributed by atoms with van der Waals surface area (Å²) in [5, 5.41) is 15.0. The van der Waals surface area contributed by atoms with Gasteiger partial charge < -0.3 is 9.47 Å². The number of hydrazine groups is 1. The first-order chi connectivity index (χ1) is 13.9. The molecule has 0 spiro atoms. The normalized spacial score (nSPS) is 18.3. The third kappa shape index (κ3) is 3.67. The van der Waals surface area contributed by atoms with Crippen molar-refractivity contribution in [1.82, 2.24) is 10.0 Å². The fourth-order valence-electron chi connectivity index (χ4n) is 2.87. The van der Waals surface area contributed by atoms with Gasteiger partial charge in [0.25, 0.3) is 11.6 Å². The van der Waals surface area contributed by atoms with Crippen LogP contribution in [-0.4, -0.2) is 46.9 Å². The fraction of sp³-hybridized carbons (Fsp3) is 0.158. The highest BCUT2D eigenvalue weighted by molar-refractivity contribution is 8.18. The number of nitrogens with zero attached hydrogens (tertiary/aromatic N) is 4. The maximum absolute atomic E-state index is 13.0. The molecule has 2 aromatic rings. The largest absolute Gasteiger partial charge is 0.454 e. The standard InChI is InChI=1S/C19H16N4O5S/c1-21(2)22-18(24)17(29-19(22)20-13-6-4-3-5-7-13)9-12-8-15-16(28-11-27-15)10-14(12)23(25)26/h3-10H,11H2,1-2H3/b17-9+,20-19?. The average Bonchev–Trinajstić information content (AvgIpc) is 3.26. The molecule has 2 aliphatic heterocycles. The van der Waals surface area contributed by atoms with E-state index in [1.807, 2.05) is 30.3 Å². The predicted molar refractivity (Wildman–Crippen MR) is 109 cm³/mol. The molecule has 1 fully saturated rings. The van der Waals surface area contributed by atoms with Crippen LogP contribution in [0.25, 0.3) is 6.08 Å². The fourth-order valence-corrected chi connectivity index (χ4v) is 3.91. The maximum Gasteiger partial charge on any atom is 0.281 e. The number of amides is 1. The van der Waals surface area contributed by atoms with Crippen LogP contribution in [0.3, 0.4) is 0 Å². The van der Waals surface area contributed by atoms with E-state index in [9.17, 15) is 14.9 Å². The van der Waals surface area contributed by atoms with Crippen LogP contribution in [0.2, 0.25) is 0 Å². The number of amidine groups is 1. The van der Waals surface area contributed by atoms with Crippen LogP contribution in [-0.2, 0) is 4.79 Å². The molecule has 0 radical (unpaired) electrons. The van der Waals surface area contributed by atoms with E-state index in [-0.39, 0.29) is 24.0 Å². The molecule has 0 aromatic heterocycles. The minimum absolute atomic E-state index is 0.00246. The number of nitro benzene ring substituents is 1. The number of benzene rings is 2. The number of aliphatic imine (C=N–C) groups is 1. The van der Waals surface area contributed by atoms with Crippen molar-refractivity contribution in [1.29, 1.82) is 0 Å². The van der Waals surface area contributed by atoms with Crippen molar-refractivity contribution in [3.05, 3.63) is 63.0 Å². The SMILES string of the molecule is CN(C)N1C(=O)/C(=C\c2cc3c(cc2[N+](=O)[O-])OCO3)SC1=Nc1ccccc1. The first-order valence-electron chi connectivity index (χ1n) is 8.57. The Kier molecular flexibility index (Phi) is 4.95. The molecule has 0 aliphatic carbocycles. The number of ether oxygens (including phenoxy) is 2. The third-order valence-electron chi connectivity index (χ3n) is 4.17. The molecule has 2 aliphatic rings. The van der Waals surface area contributed by atoms with Crippen molar-refractivity contribution in [2.75, 3.05) is 20.9 Å². The summed E-state index contributed by atoms with van der Waals surface area (Å²) in [5.74, 6) is 0.396. The summed E-state index contributed by atoms with van der Waals surface area (Å²) in [6, 6.07) is 12.1. The van der Waals surface area contributed by atoms with Crippen LogP contribution >= 0.6 is 11.8 Å². The molecule has 0 N–H and O–H groups in total. The summed E-state index contributed by atoms with van der Waals surface area (Å²) in [6.45, 7) is 0.00246. The first kappa shape index (κ1) is 19.0. The van der Waals surface area contributed by atoms with Gasteiger partial charge in [0.15, 0.2) is 16.7 Å². The van der Waals surface area contributed by atoms with E-state index in [1.165, 1.54) is 23.2 Å². The maximum atomic E-state index is 13.0. The Morgan fingerprint density at radius 1 is 1.21 bits per heavy atom. The molecule has 148 valence electrons. The minimum atomic E-state index is -0.513. The van der Waals surface area contributed by atoms with Gasteiger partial charge in [0.2, 0.25) is 6.79 Å². The number of rotatable bonds is 4. The third-order valence-corrected chi connectivity index (χ3v) is 5.13. The van der Waals surface area contributed by atoms with Crippen LogP contribution in [0, 0.1) is 10.1 Å². The molecule has 0 unspecified atom stereocenters. The Bertz CT molecular complexity index is 1050. The van der Waals surface area contributed by atoms with Gasteiger partial charge in [-0.25, -0.2) is 15.0 Å². The summed E-state index contributed by atoms with van der Waals surface area (Å²) in [4.78, 5) is 28.8. The second-order valence-electron chi connectivity index (χ2n) is 6.33. The molecule has 9 nitrogen and oxygen atoms in total. The number of hydrogen-bond donors (Lipinski definition) is 0. The first-order valence-corrected chi connectivity index (χ1v) is 9.38. The van der Waals surface area contributed by atoms with E-state index in [2.05, 4.69) is 4.99 Å².